The number of aromatic nitrogens is 2. The van der Waals surface area contributed by atoms with Crippen LogP contribution in [-0.2, 0) is 11.8 Å². The normalized spacial score (nSPS) is 20.5. The highest BCUT2D eigenvalue weighted by Gasteiger charge is 2.27. The maximum atomic E-state index is 12.3. The van der Waals surface area contributed by atoms with Crippen LogP contribution in [0.25, 0.3) is 0 Å². The van der Waals surface area contributed by atoms with Crippen LogP contribution in [0.15, 0.2) is 16.9 Å². The van der Waals surface area contributed by atoms with Crippen molar-refractivity contribution < 1.29 is 14.7 Å². The zero-order chi connectivity index (χ0) is 15.7. The molecule has 1 aliphatic rings. The van der Waals surface area contributed by atoms with Crippen molar-refractivity contribution in [2.24, 2.45) is 13.0 Å². The van der Waals surface area contributed by atoms with Crippen LogP contribution in [0.2, 0.25) is 0 Å². The minimum Gasteiger partial charge on any atom is -0.481 e. The lowest BCUT2D eigenvalue weighted by atomic mass is 10.1. The molecular formula is C14H17N3O4. The molecular weight excluding hydrogens is 274 g/mol. The first kappa shape index (κ1) is 15.0. The number of carbonyl (C=O) groups is 2. The zero-order valence-corrected chi connectivity index (χ0v) is 12.1. The molecule has 1 aromatic heterocycles. The number of aliphatic carboxylic acids is 1. The Morgan fingerprint density at radius 3 is 2.62 bits per heavy atom. The van der Waals surface area contributed by atoms with Crippen LogP contribution in [-0.4, -0.2) is 32.8 Å². The first-order valence-corrected chi connectivity index (χ1v) is 6.57. The molecule has 7 nitrogen and oxygen atoms in total. The lowest BCUT2D eigenvalue weighted by Crippen LogP contribution is -2.39. The number of rotatable bonds is 3. The van der Waals surface area contributed by atoms with E-state index < -0.39 is 23.4 Å². The van der Waals surface area contributed by atoms with Crippen molar-refractivity contribution >= 4 is 11.9 Å². The monoisotopic (exact) mass is 291 g/mol. The number of amides is 1. The van der Waals surface area contributed by atoms with Crippen LogP contribution in [0.1, 0.15) is 28.0 Å². The highest BCUT2D eigenvalue weighted by molar-refractivity contribution is 5.95. The number of carboxylic acids is 1. The van der Waals surface area contributed by atoms with E-state index in [1.54, 1.807) is 26.0 Å². The Morgan fingerprint density at radius 1 is 1.38 bits per heavy atom. The van der Waals surface area contributed by atoms with Crippen molar-refractivity contribution in [2.45, 2.75) is 26.3 Å². The maximum Gasteiger partial charge on any atom is 0.310 e. The molecule has 2 N–H and O–H groups in total. The quantitative estimate of drug-likeness (QED) is 0.772. The van der Waals surface area contributed by atoms with E-state index >= 15 is 0 Å². The third-order valence-corrected chi connectivity index (χ3v) is 3.67. The fraction of sp³-hybridized carbons (Fsp3) is 0.429. The fourth-order valence-electron chi connectivity index (χ4n) is 2.35. The molecule has 1 heterocycles. The molecule has 0 aromatic carbocycles. The lowest BCUT2D eigenvalue weighted by molar-refractivity contribution is -0.140. The molecule has 112 valence electrons. The van der Waals surface area contributed by atoms with E-state index in [1.165, 1.54) is 7.05 Å². The Hall–Kier alpha value is -2.44. The van der Waals surface area contributed by atoms with E-state index in [0.29, 0.717) is 17.7 Å². The third kappa shape index (κ3) is 2.86. The fourth-order valence-corrected chi connectivity index (χ4v) is 2.35. The molecule has 1 aliphatic carbocycles. The molecule has 2 unspecified atom stereocenters. The summed E-state index contributed by atoms with van der Waals surface area (Å²) in [5, 5.41) is 15.6. The van der Waals surface area contributed by atoms with Gasteiger partial charge in [0.05, 0.1) is 11.6 Å². The Bertz CT molecular complexity index is 690. The van der Waals surface area contributed by atoms with E-state index in [4.69, 9.17) is 5.11 Å². The second kappa shape index (κ2) is 5.51. The summed E-state index contributed by atoms with van der Waals surface area (Å²) in [7, 11) is 1.49. The van der Waals surface area contributed by atoms with Gasteiger partial charge in [0.15, 0.2) is 0 Å². The first-order chi connectivity index (χ1) is 9.81. The van der Waals surface area contributed by atoms with E-state index in [-0.39, 0.29) is 11.6 Å². The summed E-state index contributed by atoms with van der Waals surface area (Å²) in [6.45, 7) is 3.39. The number of hydrogen-bond donors (Lipinski definition) is 2. The highest BCUT2D eigenvalue weighted by atomic mass is 16.4. The van der Waals surface area contributed by atoms with Gasteiger partial charge in [-0.3, -0.25) is 14.4 Å². The Balaban J connectivity index is 2.22. The molecule has 0 fully saturated rings. The van der Waals surface area contributed by atoms with Gasteiger partial charge in [0.25, 0.3) is 11.5 Å². The second-order valence-electron chi connectivity index (χ2n) is 5.16. The van der Waals surface area contributed by atoms with Crippen LogP contribution >= 0.6 is 0 Å². The zero-order valence-electron chi connectivity index (χ0n) is 12.1. The van der Waals surface area contributed by atoms with Crippen LogP contribution < -0.4 is 10.9 Å². The molecule has 1 amide bonds. The molecule has 0 saturated heterocycles. The highest BCUT2D eigenvalue weighted by Crippen LogP contribution is 2.18. The molecule has 0 radical (unpaired) electrons. The van der Waals surface area contributed by atoms with Crippen LogP contribution in [0, 0.1) is 19.8 Å². The number of nitrogens with zero attached hydrogens (tertiary/aromatic N) is 2. The van der Waals surface area contributed by atoms with Crippen molar-refractivity contribution in [2.75, 3.05) is 0 Å². The third-order valence-electron chi connectivity index (χ3n) is 3.67. The number of nitrogens with one attached hydrogen (secondary N) is 1. The topological polar surface area (TPSA) is 101 Å². The van der Waals surface area contributed by atoms with Crippen molar-refractivity contribution in [3.8, 4) is 0 Å². The summed E-state index contributed by atoms with van der Waals surface area (Å²) >= 11 is 0. The van der Waals surface area contributed by atoms with Gasteiger partial charge >= 0.3 is 5.97 Å². The van der Waals surface area contributed by atoms with Gasteiger partial charge in [0, 0.05) is 13.1 Å². The second-order valence-corrected chi connectivity index (χ2v) is 5.16. The summed E-state index contributed by atoms with van der Waals surface area (Å²) in [4.78, 5) is 35.2. The first-order valence-electron chi connectivity index (χ1n) is 6.57. The van der Waals surface area contributed by atoms with Gasteiger partial charge < -0.3 is 10.4 Å². The molecule has 21 heavy (non-hydrogen) atoms. The molecule has 7 heteroatoms. The molecule has 2 rings (SSSR count). The van der Waals surface area contributed by atoms with E-state index in [9.17, 15) is 14.4 Å². The van der Waals surface area contributed by atoms with Crippen molar-refractivity contribution in [3.05, 3.63) is 39.3 Å². The Morgan fingerprint density at radius 2 is 2.05 bits per heavy atom. The van der Waals surface area contributed by atoms with Gasteiger partial charge in [0.2, 0.25) is 0 Å². The largest absolute Gasteiger partial charge is 0.481 e. The minimum atomic E-state index is -0.921. The summed E-state index contributed by atoms with van der Waals surface area (Å²) in [6, 6.07) is -0.379. The van der Waals surface area contributed by atoms with Crippen LogP contribution in [0.5, 0.6) is 0 Å². The van der Waals surface area contributed by atoms with Crippen molar-refractivity contribution in [1.29, 1.82) is 0 Å². The number of hydrogen-bond acceptors (Lipinski definition) is 4. The van der Waals surface area contributed by atoms with Gasteiger partial charge in [-0.05, 0) is 25.8 Å². The SMILES string of the molecule is Cc1nn(C)c(=O)c(C(=O)NC2C=CC(C(=O)O)C2)c1C. The summed E-state index contributed by atoms with van der Waals surface area (Å²) in [6.07, 6.45) is 3.49. The average molecular weight is 291 g/mol. The van der Waals surface area contributed by atoms with Gasteiger partial charge in [-0.2, -0.15) is 5.10 Å². The van der Waals surface area contributed by atoms with E-state index in [2.05, 4.69) is 10.4 Å². The molecule has 1 aromatic rings. The van der Waals surface area contributed by atoms with E-state index in [1.807, 2.05) is 0 Å². The Labute approximate surface area is 121 Å². The molecule has 0 saturated carbocycles. The number of aryl methyl sites for hydroxylation is 2. The Kier molecular flexibility index (Phi) is 3.93. The molecule has 0 aliphatic heterocycles. The predicted molar refractivity (Wildman–Crippen MR) is 75.1 cm³/mol. The predicted octanol–water partition coefficient (Wildman–Crippen LogP) is 0.156. The average Bonchev–Trinajstić information content (AvgIpc) is 2.85. The molecule has 2 atom stereocenters. The lowest BCUT2D eigenvalue weighted by Gasteiger charge is -2.14. The van der Waals surface area contributed by atoms with Gasteiger partial charge in [-0.25, -0.2) is 4.68 Å². The molecule has 0 spiro atoms. The van der Waals surface area contributed by atoms with E-state index in [0.717, 1.165) is 4.68 Å². The number of carboxylic acid groups (broad SMARTS) is 1. The summed E-state index contributed by atoms with van der Waals surface area (Å²) in [5.74, 6) is -2.02. The van der Waals surface area contributed by atoms with Crippen LogP contribution in [0.3, 0.4) is 0 Å². The van der Waals surface area contributed by atoms with Gasteiger partial charge in [0.1, 0.15) is 5.56 Å². The maximum absolute atomic E-state index is 12.3. The number of carbonyl (C=O) groups excluding carboxylic acids is 1. The summed E-state index contributed by atoms with van der Waals surface area (Å²) in [5.41, 5.74) is 0.726. The van der Waals surface area contributed by atoms with Crippen LogP contribution in [0.4, 0.5) is 0 Å². The summed E-state index contributed by atoms with van der Waals surface area (Å²) < 4.78 is 1.13. The van der Waals surface area contributed by atoms with Gasteiger partial charge in [-0.15, -0.1) is 0 Å². The van der Waals surface area contributed by atoms with Crippen molar-refractivity contribution in [3.63, 3.8) is 0 Å². The van der Waals surface area contributed by atoms with Crippen molar-refractivity contribution in [1.82, 2.24) is 15.1 Å². The smallest absolute Gasteiger partial charge is 0.310 e. The minimum absolute atomic E-state index is 0.0529. The standard InChI is InChI=1S/C14H17N3O4/c1-7-8(2)16-17(3)13(19)11(7)12(18)15-10-5-4-9(6-10)14(20)21/h4-5,9-10H,6H2,1-3H3,(H,15,18)(H,20,21). The van der Waals surface area contributed by atoms with Gasteiger partial charge in [-0.1, -0.05) is 12.2 Å². The molecule has 0 bridgehead atoms.